The quantitative estimate of drug-likeness (QED) is 0.460. The molecule has 0 amide bonds. The fourth-order valence-electron chi connectivity index (χ4n) is 0. The van der Waals surface area contributed by atoms with Gasteiger partial charge in [0.2, 0.25) is 0 Å². The second-order valence-electron chi connectivity index (χ2n) is 0.408. The molecule has 0 aromatic rings. The zero-order valence-electron chi connectivity index (χ0n) is 2.45. The molecular weight excluding hydrogens is 164 g/mol. The van der Waals surface area contributed by atoms with Crippen molar-refractivity contribution in [3.8, 4) is 0 Å². The van der Waals surface area contributed by atoms with Crippen molar-refractivity contribution in [2.75, 3.05) is 0 Å². The first kappa shape index (κ1) is 9.95. The van der Waals surface area contributed by atoms with Crippen molar-refractivity contribution in [1.82, 2.24) is 0 Å². The van der Waals surface area contributed by atoms with Crippen LogP contribution in [0.3, 0.4) is 0 Å². The maximum absolute atomic E-state index is 8.89. The van der Waals surface area contributed by atoms with E-state index < -0.39 is 9.05 Å². The first-order valence-corrected chi connectivity index (χ1v) is 3.00. The van der Waals surface area contributed by atoms with Crippen LogP contribution >= 0.6 is 0 Å². The van der Waals surface area contributed by atoms with Gasteiger partial charge in [0.15, 0.2) is 0 Å². The maximum Gasteiger partial charge on any atom is 2.00 e. The molecule has 0 N–H and O–H groups in total. The predicted molar refractivity (Wildman–Crippen MR) is 17.1 cm³/mol. The summed E-state index contributed by atoms with van der Waals surface area (Å²) in [5.41, 5.74) is 0. The van der Waals surface area contributed by atoms with Crippen LogP contribution in [0.2, 0.25) is 0 Å². The average molecular weight is 164 g/mol. The number of hydrogen-bond donors (Lipinski definition) is 0. The van der Waals surface area contributed by atoms with E-state index in [9.17, 15) is 0 Å². The molecular formula is CrO3S2. The summed E-state index contributed by atoms with van der Waals surface area (Å²) < 4.78 is 26.7. The zero-order valence-corrected chi connectivity index (χ0v) is 5.36. The topological polar surface area (TPSA) is 63.2 Å². The molecule has 0 aromatic heterocycles. The molecule has 3 nitrogen and oxygen atoms in total. The van der Waals surface area contributed by atoms with Crippen LogP contribution in [0.25, 0.3) is 0 Å². The van der Waals surface area contributed by atoms with Gasteiger partial charge in [-0.3, -0.25) is 4.21 Å². The fraction of sp³-hybridized carbons (Fsp3) is 0. The summed E-state index contributed by atoms with van der Waals surface area (Å²) in [4.78, 5) is 0. The van der Waals surface area contributed by atoms with Crippen LogP contribution in [0.4, 0.5) is 0 Å². The third-order valence-electron chi connectivity index (χ3n) is 0. The molecule has 36 valence electrons. The van der Waals surface area contributed by atoms with Crippen molar-refractivity contribution in [3.63, 3.8) is 0 Å². The SMILES string of the molecule is O=S([O-])([O-])=S.[Cr+2]. The van der Waals surface area contributed by atoms with Crippen LogP contribution in [0.15, 0.2) is 0 Å². The Bertz CT molecular complexity index is 92.0. The monoisotopic (exact) mass is 164 g/mol. The van der Waals surface area contributed by atoms with Gasteiger partial charge in [-0.2, -0.15) is 0 Å². The molecule has 0 unspecified atom stereocenters. The fourth-order valence-corrected chi connectivity index (χ4v) is 0. The molecule has 0 aliphatic rings. The minimum absolute atomic E-state index is 0. The minimum atomic E-state index is -4.33. The van der Waals surface area contributed by atoms with E-state index in [0.717, 1.165) is 0 Å². The van der Waals surface area contributed by atoms with E-state index in [1.165, 1.54) is 0 Å². The molecule has 0 saturated heterocycles. The summed E-state index contributed by atoms with van der Waals surface area (Å²) in [6.45, 7) is 0. The van der Waals surface area contributed by atoms with Gasteiger partial charge in [-0.05, 0) is 11.2 Å². The number of rotatable bonds is 0. The van der Waals surface area contributed by atoms with Crippen LogP contribution < -0.4 is 0 Å². The minimum Gasteiger partial charge on any atom is -0.780 e. The van der Waals surface area contributed by atoms with Gasteiger partial charge in [-0.25, -0.2) is 0 Å². The molecule has 0 atom stereocenters. The van der Waals surface area contributed by atoms with E-state index in [1.807, 2.05) is 0 Å². The third kappa shape index (κ3) is 104. The van der Waals surface area contributed by atoms with Crippen LogP contribution in [-0.2, 0) is 37.6 Å². The Labute approximate surface area is 51.2 Å². The van der Waals surface area contributed by atoms with E-state index in [0.29, 0.717) is 0 Å². The summed E-state index contributed by atoms with van der Waals surface area (Å²) in [6.07, 6.45) is 0. The Hall–Kier alpha value is 0.822. The molecule has 0 rings (SSSR count). The van der Waals surface area contributed by atoms with Crippen molar-refractivity contribution in [1.29, 1.82) is 0 Å². The van der Waals surface area contributed by atoms with Crippen LogP contribution in [0, 0.1) is 0 Å². The van der Waals surface area contributed by atoms with Gasteiger partial charge < -0.3 is 9.11 Å². The Morgan fingerprint density at radius 2 is 1.50 bits per heavy atom. The summed E-state index contributed by atoms with van der Waals surface area (Å²) in [5, 5.41) is 0. The molecule has 0 aromatic carbocycles. The first-order chi connectivity index (χ1) is 2.00. The molecule has 6 heteroatoms. The normalized spacial score (nSPS) is 9.67. The molecule has 0 aliphatic heterocycles. The molecule has 0 bridgehead atoms. The van der Waals surface area contributed by atoms with Gasteiger partial charge in [0.1, 0.15) is 0 Å². The van der Waals surface area contributed by atoms with E-state index >= 15 is 0 Å². The van der Waals surface area contributed by atoms with Crippen LogP contribution in [0.1, 0.15) is 0 Å². The second-order valence-corrected chi connectivity index (χ2v) is 2.45. The zero-order chi connectivity index (χ0) is 4.50. The largest absolute Gasteiger partial charge is 2.00 e. The Balaban J connectivity index is 0. The van der Waals surface area contributed by atoms with Gasteiger partial charge in [0.25, 0.3) is 0 Å². The summed E-state index contributed by atoms with van der Waals surface area (Å²) in [7, 11) is -4.33. The van der Waals surface area contributed by atoms with E-state index in [1.54, 1.807) is 0 Å². The summed E-state index contributed by atoms with van der Waals surface area (Å²) in [5.74, 6) is 0. The Morgan fingerprint density at radius 3 is 1.50 bits per heavy atom. The van der Waals surface area contributed by atoms with Gasteiger partial charge in [0, 0.05) is 0 Å². The van der Waals surface area contributed by atoms with Crippen LogP contribution in [0.5, 0.6) is 0 Å². The molecule has 0 radical (unpaired) electrons. The van der Waals surface area contributed by atoms with Crippen molar-refractivity contribution in [2.45, 2.75) is 0 Å². The average Bonchev–Trinajstić information content (AvgIpc) is 0.722. The summed E-state index contributed by atoms with van der Waals surface area (Å²) >= 11 is 3.24. The van der Waals surface area contributed by atoms with Crippen molar-refractivity contribution in [3.05, 3.63) is 0 Å². The van der Waals surface area contributed by atoms with Crippen molar-refractivity contribution in [2.24, 2.45) is 0 Å². The van der Waals surface area contributed by atoms with Gasteiger partial charge in [-0.1, -0.05) is 0 Å². The third-order valence-corrected chi connectivity index (χ3v) is 0. The predicted octanol–water partition coefficient (Wildman–Crippen LogP) is -1.01. The summed E-state index contributed by atoms with van der Waals surface area (Å²) in [6, 6.07) is 0. The molecule has 0 aliphatic carbocycles. The van der Waals surface area contributed by atoms with Gasteiger partial charge >= 0.3 is 17.4 Å². The van der Waals surface area contributed by atoms with Crippen molar-refractivity contribution < 1.29 is 30.7 Å². The maximum atomic E-state index is 8.89. The van der Waals surface area contributed by atoms with E-state index in [2.05, 4.69) is 11.2 Å². The van der Waals surface area contributed by atoms with Crippen LogP contribution in [-0.4, -0.2) is 13.3 Å². The molecule has 6 heavy (non-hydrogen) atoms. The smallest absolute Gasteiger partial charge is 0.780 e. The standard InChI is InChI=1S/Cr.H2O3S2/c;1-5(2,3)4/h;(H2,1,2,3,4)/q+2;/p-2. The second kappa shape index (κ2) is 2.91. The molecule has 0 fully saturated rings. The van der Waals surface area contributed by atoms with Crippen molar-refractivity contribution >= 4 is 20.2 Å². The van der Waals surface area contributed by atoms with E-state index in [-0.39, 0.29) is 17.4 Å². The number of hydrogen-bond acceptors (Lipinski definition) is 4. The molecule has 0 spiro atoms. The molecule has 0 saturated carbocycles. The van der Waals surface area contributed by atoms with Gasteiger partial charge in [0.05, 0.1) is 0 Å². The first-order valence-electron chi connectivity index (χ1n) is 0.667. The van der Waals surface area contributed by atoms with Gasteiger partial charge in [-0.15, -0.1) is 9.05 Å². The molecule has 0 heterocycles. The Morgan fingerprint density at radius 1 is 1.50 bits per heavy atom. The Kier molecular flexibility index (Phi) is 4.82. The van der Waals surface area contributed by atoms with E-state index in [4.69, 9.17) is 13.3 Å².